The van der Waals surface area contributed by atoms with Gasteiger partial charge in [0.25, 0.3) is 0 Å². The zero-order valence-corrected chi connectivity index (χ0v) is 26.3. The lowest BCUT2D eigenvalue weighted by molar-refractivity contribution is -0.134. The summed E-state index contributed by atoms with van der Waals surface area (Å²) in [6.45, 7) is 8.91. The Labute approximate surface area is 265 Å². The molecule has 0 atom stereocenters. The van der Waals surface area contributed by atoms with Crippen LogP contribution in [0.3, 0.4) is 0 Å². The highest BCUT2D eigenvalue weighted by Gasteiger charge is 2.38. The second-order valence-electron chi connectivity index (χ2n) is 12.1. The van der Waals surface area contributed by atoms with Gasteiger partial charge in [-0.2, -0.15) is 9.97 Å². The van der Waals surface area contributed by atoms with Crippen LogP contribution in [0.4, 0.5) is 5.82 Å². The number of nitrogen functional groups attached to an aromatic ring is 1. The number of aromatic nitrogens is 4. The molecular weight excluding hydrogens is 594 g/mol. The van der Waals surface area contributed by atoms with Crippen molar-refractivity contribution in [1.29, 1.82) is 0 Å². The number of piperazine rings is 1. The molecule has 3 heterocycles. The largest absolute Gasteiger partial charge is 0.485 e. The number of nitrogens with two attached hydrogens (primary N) is 1. The fraction of sp³-hybridized carbons (Fsp3) is 0.469. The Balaban J connectivity index is 1.19. The molecule has 0 radical (unpaired) electrons. The Morgan fingerprint density at radius 2 is 1.85 bits per heavy atom. The van der Waals surface area contributed by atoms with Gasteiger partial charge in [-0.3, -0.25) is 28.6 Å². The van der Waals surface area contributed by atoms with Crippen molar-refractivity contribution in [2.45, 2.75) is 46.6 Å². The lowest BCUT2D eigenvalue weighted by atomic mass is 9.73. The van der Waals surface area contributed by atoms with E-state index < -0.39 is 11.2 Å². The van der Waals surface area contributed by atoms with Gasteiger partial charge in [0.05, 0.1) is 12.2 Å². The number of fused-ring (bicyclic) bond motifs is 2. The minimum absolute atomic E-state index is 0.0447. The minimum atomic E-state index is -0.905. The normalized spacial score (nSPS) is 15.5. The second-order valence-corrected chi connectivity index (χ2v) is 12.1. The van der Waals surface area contributed by atoms with E-state index in [0.717, 1.165) is 12.8 Å². The highest BCUT2D eigenvalue weighted by Crippen LogP contribution is 2.39. The Kier molecular flexibility index (Phi) is 9.65. The second kappa shape index (κ2) is 13.6. The van der Waals surface area contributed by atoms with E-state index >= 15 is 0 Å². The average molecular weight is 634 g/mol. The van der Waals surface area contributed by atoms with Crippen molar-refractivity contribution in [2.75, 3.05) is 51.7 Å². The lowest BCUT2D eigenvalue weighted by Crippen LogP contribution is -2.50. The number of ketones is 2. The fourth-order valence-electron chi connectivity index (χ4n) is 5.79. The van der Waals surface area contributed by atoms with Crippen LogP contribution in [0.1, 0.15) is 60.7 Å². The Bertz CT molecular complexity index is 1750. The van der Waals surface area contributed by atoms with E-state index in [9.17, 15) is 24.0 Å². The van der Waals surface area contributed by atoms with Crippen molar-refractivity contribution in [2.24, 2.45) is 5.41 Å². The van der Waals surface area contributed by atoms with Crippen LogP contribution in [0.25, 0.3) is 11.2 Å². The van der Waals surface area contributed by atoms with E-state index in [0.29, 0.717) is 63.3 Å². The summed E-state index contributed by atoms with van der Waals surface area (Å²) in [6, 6.07) is 4.83. The summed E-state index contributed by atoms with van der Waals surface area (Å²) in [4.78, 5) is 78.7. The number of unbranched alkanes of at least 4 members (excludes halogenated alkanes) is 1. The van der Waals surface area contributed by atoms with Gasteiger partial charge in [0, 0.05) is 62.2 Å². The van der Waals surface area contributed by atoms with Crippen molar-refractivity contribution in [3.8, 4) is 11.8 Å². The van der Waals surface area contributed by atoms with Crippen LogP contribution in [0.2, 0.25) is 0 Å². The number of nitrogens with zero attached hydrogens (tertiary/aromatic N) is 5. The summed E-state index contributed by atoms with van der Waals surface area (Å²) >= 11 is 0. The number of rotatable bonds is 13. The highest BCUT2D eigenvalue weighted by molar-refractivity contribution is 6.26. The molecule has 2 aliphatic rings. The first-order valence-electron chi connectivity index (χ1n) is 15.4. The molecule has 1 aromatic carbocycles. The number of Topliss-reactive ketones (excluding diaryl/α,β-unsaturated/α-hetero) is 1. The van der Waals surface area contributed by atoms with Crippen LogP contribution in [0.15, 0.2) is 34.6 Å². The molecule has 3 aromatic rings. The number of aromatic amines is 1. The van der Waals surface area contributed by atoms with Crippen molar-refractivity contribution < 1.29 is 28.7 Å². The third-order valence-corrected chi connectivity index (χ3v) is 8.39. The number of hydrogen-bond donors (Lipinski definition) is 2. The number of aldehydes is 1. The smallest absolute Gasteiger partial charge is 0.327 e. The van der Waals surface area contributed by atoms with Gasteiger partial charge in [0.1, 0.15) is 17.9 Å². The van der Waals surface area contributed by atoms with Gasteiger partial charge >= 0.3 is 11.7 Å². The summed E-state index contributed by atoms with van der Waals surface area (Å²) in [5.74, 6) is -0.527. The van der Waals surface area contributed by atoms with E-state index in [1.807, 2.05) is 6.92 Å². The number of benzene rings is 1. The quantitative estimate of drug-likeness (QED) is 0.207. The number of ether oxygens (including phenoxy) is 2. The summed E-state index contributed by atoms with van der Waals surface area (Å²) < 4.78 is 12.5. The van der Waals surface area contributed by atoms with Gasteiger partial charge < -0.3 is 25.1 Å². The Morgan fingerprint density at radius 3 is 2.57 bits per heavy atom. The molecule has 2 aromatic heterocycles. The predicted octanol–water partition coefficient (Wildman–Crippen LogP) is 2.02. The average Bonchev–Trinajstić information content (AvgIpc) is 3.35. The number of allylic oxidation sites excluding steroid dienone is 2. The molecule has 1 saturated heterocycles. The van der Waals surface area contributed by atoms with E-state index in [-0.39, 0.29) is 64.7 Å². The zero-order chi connectivity index (χ0) is 33.0. The first kappa shape index (κ1) is 32.5. The number of anilines is 1. The van der Waals surface area contributed by atoms with Crippen molar-refractivity contribution in [1.82, 2.24) is 29.3 Å². The number of imidazole rings is 1. The Morgan fingerprint density at radius 1 is 1.09 bits per heavy atom. The third-order valence-electron chi connectivity index (χ3n) is 8.39. The molecule has 14 heteroatoms. The summed E-state index contributed by atoms with van der Waals surface area (Å²) in [6.07, 6.45) is 3.71. The van der Waals surface area contributed by atoms with E-state index in [4.69, 9.17) is 15.2 Å². The maximum absolute atomic E-state index is 13.5. The zero-order valence-electron chi connectivity index (χ0n) is 26.3. The van der Waals surface area contributed by atoms with Gasteiger partial charge in [-0.05, 0) is 18.6 Å². The SMILES string of the molecule is CCCCOc1nc(N)c2[nH]c(=O)n(CCN3CCN(C(=O)CC(C)(C)C4=CC(=O)c5c(OCC=O)cccc5C4=O)CC3)c2n1. The van der Waals surface area contributed by atoms with Crippen molar-refractivity contribution in [3.05, 3.63) is 51.5 Å². The molecule has 1 fully saturated rings. The standard InChI is InChI=1S/C32H39N7O7/c1-4-5-16-46-30-35-28(33)26-29(36-30)39(31(44)34-26)14-11-37-9-12-38(13-10-37)24(42)19-32(2,3)21-18-22(41)25-20(27(21)43)7-6-8-23(25)45-17-15-40/h6-8,15,18H,4-5,9-14,16-17,19H2,1-3H3,(H,34,44)(H2,33,35,36). The number of carbonyl (C=O) groups is 4. The van der Waals surface area contributed by atoms with E-state index in [2.05, 4.69) is 19.9 Å². The predicted molar refractivity (Wildman–Crippen MR) is 169 cm³/mol. The maximum Gasteiger partial charge on any atom is 0.327 e. The first-order valence-corrected chi connectivity index (χ1v) is 15.4. The molecule has 1 aliphatic carbocycles. The fourth-order valence-corrected chi connectivity index (χ4v) is 5.79. The van der Waals surface area contributed by atoms with Crippen LogP contribution in [0.5, 0.6) is 11.8 Å². The number of H-pyrrole nitrogens is 1. The molecule has 46 heavy (non-hydrogen) atoms. The number of nitrogens with one attached hydrogen (secondary N) is 1. The van der Waals surface area contributed by atoms with Gasteiger partial charge in [-0.25, -0.2) is 4.79 Å². The van der Waals surface area contributed by atoms with Gasteiger partial charge in [-0.1, -0.05) is 39.3 Å². The molecule has 244 valence electrons. The third kappa shape index (κ3) is 6.71. The molecular formula is C32H39N7O7. The van der Waals surface area contributed by atoms with Gasteiger partial charge in [0.15, 0.2) is 29.3 Å². The summed E-state index contributed by atoms with van der Waals surface area (Å²) in [5.41, 5.74) is 6.16. The molecule has 3 N–H and O–H groups in total. The number of hydrogen-bond acceptors (Lipinski definition) is 11. The van der Waals surface area contributed by atoms with E-state index in [1.54, 1.807) is 36.9 Å². The topological polar surface area (TPSA) is 183 Å². The van der Waals surface area contributed by atoms with Crippen molar-refractivity contribution in [3.63, 3.8) is 0 Å². The number of amides is 1. The number of carbonyl (C=O) groups excluding carboxylic acids is 4. The lowest BCUT2D eigenvalue weighted by Gasteiger charge is -2.37. The van der Waals surface area contributed by atoms with E-state index in [1.165, 1.54) is 10.6 Å². The molecule has 5 rings (SSSR count). The molecule has 14 nitrogen and oxygen atoms in total. The maximum atomic E-state index is 13.5. The van der Waals surface area contributed by atoms with Crippen LogP contribution in [0, 0.1) is 5.41 Å². The van der Waals surface area contributed by atoms with Crippen LogP contribution in [-0.2, 0) is 16.1 Å². The monoisotopic (exact) mass is 633 g/mol. The molecule has 1 amide bonds. The van der Waals surface area contributed by atoms with Crippen LogP contribution in [-0.4, -0.2) is 99.0 Å². The molecule has 0 spiro atoms. The highest BCUT2D eigenvalue weighted by atomic mass is 16.5. The Hall–Kier alpha value is -4.85. The molecule has 1 aliphatic heterocycles. The molecule has 0 saturated carbocycles. The first-order chi connectivity index (χ1) is 22.0. The molecule has 0 bridgehead atoms. The summed E-state index contributed by atoms with van der Waals surface area (Å²) in [5, 5.41) is 0. The molecule has 0 unspecified atom stereocenters. The van der Waals surface area contributed by atoms with Crippen LogP contribution >= 0.6 is 0 Å². The van der Waals surface area contributed by atoms with Gasteiger partial charge in [-0.15, -0.1) is 0 Å². The van der Waals surface area contributed by atoms with Crippen molar-refractivity contribution >= 4 is 40.7 Å². The van der Waals surface area contributed by atoms with Crippen LogP contribution < -0.4 is 20.9 Å². The minimum Gasteiger partial charge on any atom is -0.485 e. The summed E-state index contributed by atoms with van der Waals surface area (Å²) in [7, 11) is 0. The van der Waals surface area contributed by atoms with Gasteiger partial charge in [0.2, 0.25) is 5.91 Å².